The number of esters is 2. The summed E-state index contributed by atoms with van der Waals surface area (Å²) in [5, 5.41) is 0. The van der Waals surface area contributed by atoms with Crippen LogP contribution in [0, 0.1) is 11.8 Å². The van der Waals surface area contributed by atoms with E-state index in [1.165, 1.54) is 0 Å². The lowest BCUT2D eigenvalue weighted by Gasteiger charge is -2.25. The predicted molar refractivity (Wildman–Crippen MR) is 117 cm³/mol. The molecule has 0 aromatic heterocycles. The molecule has 4 heteroatoms. The lowest BCUT2D eigenvalue weighted by molar-refractivity contribution is -0.145. The first kappa shape index (κ1) is 21.6. The molecule has 0 heterocycles. The van der Waals surface area contributed by atoms with E-state index in [1.807, 2.05) is 36.4 Å². The highest BCUT2D eigenvalue weighted by Gasteiger charge is 2.32. The van der Waals surface area contributed by atoms with Gasteiger partial charge in [0.2, 0.25) is 0 Å². The molecule has 0 amide bonds. The summed E-state index contributed by atoms with van der Waals surface area (Å²) in [7, 11) is 0. The monoisotopic (exact) mass is 404 g/mol. The molecule has 30 heavy (non-hydrogen) atoms. The third kappa shape index (κ3) is 5.93. The normalized spacial score (nSPS) is 18.3. The van der Waals surface area contributed by atoms with Crippen molar-refractivity contribution in [2.45, 2.75) is 38.5 Å². The van der Waals surface area contributed by atoms with Gasteiger partial charge >= 0.3 is 11.9 Å². The second kappa shape index (κ2) is 10.6. The highest BCUT2D eigenvalue weighted by molar-refractivity contribution is 5.77. The number of carbonyl (C=O) groups is 2. The molecule has 2 aromatic carbocycles. The van der Waals surface area contributed by atoms with Crippen molar-refractivity contribution in [2.75, 3.05) is 0 Å². The SMILES string of the molecule is C=CCc1ccc(OC(=O)C2CCC(C(=O)Oc3ccc(CC=C)cc3)CC2)cc1. The van der Waals surface area contributed by atoms with Gasteiger partial charge in [-0.05, 0) is 73.9 Å². The maximum atomic E-state index is 12.5. The van der Waals surface area contributed by atoms with Gasteiger partial charge in [0.25, 0.3) is 0 Å². The molecule has 156 valence electrons. The van der Waals surface area contributed by atoms with E-state index in [2.05, 4.69) is 13.2 Å². The van der Waals surface area contributed by atoms with Crippen molar-refractivity contribution in [1.82, 2.24) is 0 Å². The molecule has 1 fully saturated rings. The van der Waals surface area contributed by atoms with Crippen molar-refractivity contribution in [3.63, 3.8) is 0 Å². The Hall–Kier alpha value is -3.14. The molecule has 0 atom stereocenters. The maximum Gasteiger partial charge on any atom is 0.314 e. The minimum atomic E-state index is -0.226. The van der Waals surface area contributed by atoms with Crippen LogP contribution in [0.1, 0.15) is 36.8 Å². The molecule has 0 radical (unpaired) electrons. The Bertz CT molecular complexity index is 797. The Morgan fingerprint density at radius 1 is 0.700 bits per heavy atom. The quantitative estimate of drug-likeness (QED) is 0.333. The topological polar surface area (TPSA) is 52.6 Å². The van der Waals surface area contributed by atoms with Gasteiger partial charge in [0.1, 0.15) is 11.5 Å². The van der Waals surface area contributed by atoms with Gasteiger partial charge in [-0.2, -0.15) is 0 Å². The van der Waals surface area contributed by atoms with Crippen LogP contribution in [0.5, 0.6) is 11.5 Å². The number of ether oxygens (including phenoxy) is 2. The van der Waals surface area contributed by atoms with E-state index in [0.717, 1.165) is 24.0 Å². The van der Waals surface area contributed by atoms with Gasteiger partial charge in [0.15, 0.2) is 0 Å². The van der Waals surface area contributed by atoms with E-state index in [4.69, 9.17) is 9.47 Å². The van der Waals surface area contributed by atoms with E-state index in [0.29, 0.717) is 37.2 Å². The summed E-state index contributed by atoms with van der Waals surface area (Å²) in [6, 6.07) is 14.9. The van der Waals surface area contributed by atoms with Gasteiger partial charge in [-0.25, -0.2) is 0 Å². The van der Waals surface area contributed by atoms with E-state index >= 15 is 0 Å². The van der Waals surface area contributed by atoms with Crippen molar-refractivity contribution < 1.29 is 19.1 Å². The maximum absolute atomic E-state index is 12.5. The summed E-state index contributed by atoms with van der Waals surface area (Å²) < 4.78 is 11.0. The summed E-state index contributed by atoms with van der Waals surface area (Å²) in [5.41, 5.74) is 2.25. The lowest BCUT2D eigenvalue weighted by Crippen LogP contribution is -2.30. The van der Waals surface area contributed by atoms with Crippen LogP contribution < -0.4 is 9.47 Å². The Kier molecular flexibility index (Phi) is 7.61. The zero-order valence-electron chi connectivity index (χ0n) is 17.2. The molecule has 1 saturated carbocycles. The van der Waals surface area contributed by atoms with Crippen LogP contribution in [0.2, 0.25) is 0 Å². The van der Waals surface area contributed by atoms with Gasteiger partial charge in [0, 0.05) is 0 Å². The van der Waals surface area contributed by atoms with Crippen LogP contribution in [0.25, 0.3) is 0 Å². The van der Waals surface area contributed by atoms with Gasteiger partial charge in [-0.15, -0.1) is 13.2 Å². The standard InChI is InChI=1S/C26H28O4/c1-3-5-19-7-15-23(16-8-19)29-25(27)21-11-13-22(14-12-21)26(28)30-24-17-9-20(6-4-2)10-18-24/h3-4,7-10,15-18,21-22H,1-2,5-6,11-14H2. The number of allylic oxidation sites excluding steroid dienone is 2. The average molecular weight is 405 g/mol. The molecule has 0 unspecified atom stereocenters. The minimum Gasteiger partial charge on any atom is -0.426 e. The molecule has 0 aliphatic heterocycles. The fourth-order valence-electron chi connectivity index (χ4n) is 3.68. The van der Waals surface area contributed by atoms with Crippen LogP contribution in [0.3, 0.4) is 0 Å². The zero-order chi connectivity index (χ0) is 21.3. The molecule has 1 aliphatic carbocycles. The number of carbonyl (C=O) groups excluding carboxylic acids is 2. The van der Waals surface area contributed by atoms with Crippen molar-refractivity contribution in [3.05, 3.63) is 85.0 Å². The first-order valence-electron chi connectivity index (χ1n) is 10.4. The van der Waals surface area contributed by atoms with E-state index < -0.39 is 0 Å². The second-order valence-electron chi connectivity index (χ2n) is 7.66. The fourth-order valence-corrected chi connectivity index (χ4v) is 3.68. The molecule has 0 N–H and O–H groups in total. The van der Waals surface area contributed by atoms with Crippen molar-refractivity contribution in [3.8, 4) is 11.5 Å². The van der Waals surface area contributed by atoms with Gasteiger partial charge in [-0.1, -0.05) is 36.4 Å². The molecular weight excluding hydrogens is 376 g/mol. The molecule has 4 nitrogen and oxygen atoms in total. The third-order valence-corrected chi connectivity index (χ3v) is 5.44. The Morgan fingerprint density at radius 2 is 1.03 bits per heavy atom. The molecule has 0 spiro atoms. The number of benzene rings is 2. The van der Waals surface area contributed by atoms with Crippen LogP contribution in [0.4, 0.5) is 0 Å². The van der Waals surface area contributed by atoms with Crippen LogP contribution in [0.15, 0.2) is 73.8 Å². The zero-order valence-corrected chi connectivity index (χ0v) is 17.2. The average Bonchev–Trinajstić information content (AvgIpc) is 2.77. The third-order valence-electron chi connectivity index (χ3n) is 5.44. The van der Waals surface area contributed by atoms with E-state index in [1.54, 1.807) is 24.3 Å². The molecular formula is C26H28O4. The van der Waals surface area contributed by atoms with Crippen molar-refractivity contribution >= 4 is 11.9 Å². The Balaban J connectivity index is 1.46. The summed E-state index contributed by atoms with van der Waals surface area (Å²) in [6.07, 6.45) is 7.76. The Labute approximate surface area is 178 Å². The summed E-state index contributed by atoms with van der Waals surface area (Å²) in [4.78, 5) is 24.9. The summed E-state index contributed by atoms with van der Waals surface area (Å²) in [6.45, 7) is 7.44. The highest BCUT2D eigenvalue weighted by Crippen LogP contribution is 2.31. The first-order valence-corrected chi connectivity index (χ1v) is 10.4. The van der Waals surface area contributed by atoms with Crippen LogP contribution >= 0.6 is 0 Å². The second-order valence-corrected chi connectivity index (χ2v) is 7.66. The van der Waals surface area contributed by atoms with Gasteiger partial charge in [-0.3, -0.25) is 9.59 Å². The van der Waals surface area contributed by atoms with Crippen molar-refractivity contribution in [2.24, 2.45) is 11.8 Å². The first-order chi connectivity index (χ1) is 14.6. The van der Waals surface area contributed by atoms with Crippen molar-refractivity contribution in [1.29, 1.82) is 0 Å². The minimum absolute atomic E-state index is 0.180. The van der Waals surface area contributed by atoms with Crippen LogP contribution in [-0.4, -0.2) is 11.9 Å². The Morgan fingerprint density at radius 3 is 1.33 bits per heavy atom. The van der Waals surface area contributed by atoms with Crippen LogP contribution in [-0.2, 0) is 22.4 Å². The van der Waals surface area contributed by atoms with Gasteiger partial charge < -0.3 is 9.47 Å². The smallest absolute Gasteiger partial charge is 0.314 e. The molecule has 3 rings (SSSR count). The highest BCUT2D eigenvalue weighted by atomic mass is 16.5. The lowest BCUT2D eigenvalue weighted by atomic mass is 9.82. The summed E-state index contributed by atoms with van der Waals surface area (Å²) >= 11 is 0. The van der Waals surface area contributed by atoms with Gasteiger partial charge in [0.05, 0.1) is 11.8 Å². The number of rotatable bonds is 8. The fraction of sp³-hybridized carbons (Fsp3) is 0.308. The van der Waals surface area contributed by atoms with E-state index in [9.17, 15) is 9.59 Å². The number of hydrogen-bond acceptors (Lipinski definition) is 4. The molecule has 0 saturated heterocycles. The number of hydrogen-bond donors (Lipinski definition) is 0. The molecule has 1 aliphatic rings. The van der Waals surface area contributed by atoms with E-state index in [-0.39, 0.29) is 23.8 Å². The molecule has 2 aromatic rings. The largest absolute Gasteiger partial charge is 0.426 e. The predicted octanol–water partition coefficient (Wildman–Crippen LogP) is 5.46. The summed E-state index contributed by atoms with van der Waals surface area (Å²) in [5.74, 6) is 0.288. The molecule has 0 bridgehead atoms.